The molecular formula is C16H12Cl2FN3O2S. The van der Waals surface area contributed by atoms with Crippen molar-refractivity contribution in [3.8, 4) is 0 Å². The average molecular weight is 400 g/mol. The van der Waals surface area contributed by atoms with Crippen LogP contribution in [0.25, 0.3) is 0 Å². The van der Waals surface area contributed by atoms with E-state index in [9.17, 15) is 12.8 Å². The molecule has 0 radical (unpaired) electrons. The van der Waals surface area contributed by atoms with Crippen LogP contribution in [0.1, 0.15) is 5.56 Å². The lowest BCUT2D eigenvalue weighted by Gasteiger charge is -2.06. The van der Waals surface area contributed by atoms with Crippen LogP contribution < -0.4 is 4.72 Å². The Morgan fingerprint density at radius 2 is 1.84 bits per heavy atom. The van der Waals surface area contributed by atoms with Gasteiger partial charge in [-0.2, -0.15) is 5.10 Å². The molecule has 2 aromatic carbocycles. The maximum atomic E-state index is 12.9. The molecule has 0 saturated heterocycles. The highest BCUT2D eigenvalue weighted by atomic mass is 35.5. The van der Waals surface area contributed by atoms with E-state index in [1.165, 1.54) is 29.2 Å². The lowest BCUT2D eigenvalue weighted by atomic mass is 10.2. The SMILES string of the molecule is O=S(=O)(Nc1cnn(Cc2ccc(Cl)cc2Cl)c1)c1ccc(F)cc1. The van der Waals surface area contributed by atoms with Gasteiger partial charge in [-0.3, -0.25) is 9.40 Å². The van der Waals surface area contributed by atoms with Crippen molar-refractivity contribution in [2.75, 3.05) is 4.72 Å². The van der Waals surface area contributed by atoms with Crippen molar-refractivity contribution < 1.29 is 12.8 Å². The normalized spacial score (nSPS) is 11.5. The van der Waals surface area contributed by atoms with E-state index in [2.05, 4.69) is 9.82 Å². The zero-order valence-corrected chi connectivity index (χ0v) is 15.0. The molecular weight excluding hydrogens is 388 g/mol. The summed E-state index contributed by atoms with van der Waals surface area (Å²) < 4.78 is 41.4. The fraction of sp³-hybridized carbons (Fsp3) is 0.0625. The van der Waals surface area contributed by atoms with Crippen LogP contribution in [0, 0.1) is 5.82 Å². The van der Waals surface area contributed by atoms with E-state index >= 15 is 0 Å². The number of aromatic nitrogens is 2. The van der Waals surface area contributed by atoms with E-state index in [4.69, 9.17) is 23.2 Å². The fourth-order valence-electron chi connectivity index (χ4n) is 2.16. The highest BCUT2D eigenvalue weighted by Crippen LogP contribution is 2.22. The minimum atomic E-state index is -3.82. The lowest BCUT2D eigenvalue weighted by molar-refractivity contribution is 0.599. The van der Waals surface area contributed by atoms with Gasteiger partial charge in [-0.1, -0.05) is 29.3 Å². The molecule has 5 nitrogen and oxygen atoms in total. The first-order valence-corrected chi connectivity index (χ1v) is 9.32. The molecule has 9 heteroatoms. The fourth-order valence-corrected chi connectivity index (χ4v) is 3.65. The number of halogens is 3. The third-order valence-electron chi connectivity index (χ3n) is 3.36. The van der Waals surface area contributed by atoms with Crippen LogP contribution in [0.15, 0.2) is 59.8 Å². The van der Waals surface area contributed by atoms with Crippen LogP contribution in [0.5, 0.6) is 0 Å². The second kappa shape index (κ2) is 7.03. The van der Waals surface area contributed by atoms with Gasteiger partial charge >= 0.3 is 0 Å². The Morgan fingerprint density at radius 3 is 2.52 bits per heavy atom. The molecule has 3 aromatic rings. The van der Waals surface area contributed by atoms with Gasteiger partial charge in [0.05, 0.1) is 23.3 Å². The van der Waals surface area contributed by atoms with Crippen molar-refractivity contribution in [3.63, 3.8) is 0 Å². The number of anilines is 1. The van der Waals surface area contributed by atoms with Crippen LogP contribution >= 0.6 is 23.2 Å². The summed E-state index contributed by atoms with van der Waals surface area (Å²) in [6.45, 7) is 0.355. The summed E-state index contributed by atoms with van der Waals surface area (Å²) in [6.07, 6.45) is 2.91. The molecule has 1 N–H and O–H groups in total. The van der Waals surface area contributed by atoms with Gasteiger partial charge in [-0.25, -0.2) is 12.8 Å². The monoisotopic (exact) mass is 399 g/mol. The standard InChI is InChI=1S/C16H12Cl2FN3O2S/c17-12-2-1-11(16(18)7-12)9-22-10-14(8-20-22)21-25(23,24)15-5-3-13(19)4-6-15/h1-8,10,21H,9H2. The number of sulfonamides is 1. The Hall–Kier alpha value is -2.09. The zero-order chi connectivity index (χ0) is 18.0. The molecule has 3 rings (SSSR count). The highest BCUT2D eigenvalue weighted by molar-refractivity contribution is 7.92. The number of hydrogen-bond acceptors (Lipinski definition) is 3. The average Bonchev–Trinajstić information content (AvgIpc) is 2.97. The van der Waals surface area contributed by atoms with Crippen molar-refractivity contribution in [1.82, 2.24) is 9.78 Å². The quantitative estimate of drug-likeness (QED) is 0.699. The van der Waals surface area contributed by atoms with Gasteiger partial charge in [0.2, 0.25) is 0 Å². The third-order valence-corrected chi connectivity index (χ3v) is 5.34. The van der Waals surface area contributed by atoms with Gasteiger partial charge in [-0.05, 0) is 42.0 Å². The summed E-state index contributed by atoms with van der Waals surface area (Å²) in [6, 6.07) is 9.66. The van der Waals surface area contributed by atoms with Crippen LogP contribution in [-0.4, -0.2) is 18.2 Å². The summed E-state index contributed by atoms with van der Waals surface area (Å²) in [5.41, 5.74) is 1.08. The smallest absolute Gasteiger partial charge is 0.261 e. The van der Waals surface area contributed by atoms with Crippen molar-refractivity contribution >= 4 is 38.9 Å². The summed E-state index contributed by atoms with van der Waals surface area (Å²) in [7, 11) is -3.82. The van der Waals surface area contributed by atoms with Gasteiger partial charge in [0.25, 0.3) is 10.0 Å². The molecule has 0 aliphatic rings. The predicted octanol–water partition coefficient (Wildman–Crippen LogP) is 4.18. The first-order valence-electron chi connectivity index (χ1n) is 7.08. The molecule has 0 atom stereocenters. The lowest BCUT2D eigenvalue weighted by Crippen LogP contribution is -2.12. The molecule has 25 heavy (non-hydrogen) atoms. The van der Waals surface area contributed by atoms with E-state index in [1.807, 2.05) is 0 Å². The van der Waals surface area contributed by atoms with E-state index in [1.54, 1.807) is 18.2 Å². The van der Waals surface area contributed by atoms with Crippen molar-refractivity contribution in [3.05, 3.63) is 76.3 Å². The molecule has 0 spiro atoms. The minimum absolute atomic E-state index is 0.0394. The van der Waals surface area contributed by atoms with Gasteiger partial charge in [0.1, 0.15) is 5.82 Å². The Labute approximate surface area is 154 Å². The molecule has 0 saturated carbocycles. The topological polar surface area (TPSA) is 64.0 Å². The molecule has 130 valence electrons. The maximum Gasteiger partial charge on any atom is 0.261 e. The minimum Gasteiger partial charge on any atom is -0.276 e. The molecule has 0 bridgehead atoms. The van der Waals surface area contributed by atoms with Crippen LogP contribution in [-0.2, 0) is 16.6 Å². The largest absolute Gasteiger partial charge is 0.276 e. The summed E-state index contributed by atoms with van der Waals surface area (Å²) in [4.78, 5) is -0.0394. The zero-order valence-electron chi connectivity index (χ0n) is 12.7. The van der Waals surface area contributed by atoms with E-state index in [-0.39, 0.29) is 10.6 Å². The third kappa shape index (κ3) is 4.31. The van der Waals surface area contributed by atoms with Crippen molar-refractivity contribution in [2.24, 2.45) is 0 Å². The molecule has 1 heterocycles. The number of hydrogen-bond donors (Lipinski definition) is 1. The number of nitrogens with one attached hydrogen (secondary N) is 1. The van der Waals surface area contributed by atoms with Crippen LogP contribution in [0.3, 0.4) is 0 Å². The van der Waals surface area contributed by atoms with Crippen LogP contribution in [0.2, 0.25) is 10.0 Å². The Kier molecular flexibility index (Phi) is 4.99. The summed E-state index contributed by atoms with van der Waals surface area (Å²) >= 11 is 12.0. The molecule has 1 aromatic heterocycles. The maximum absolute atomic E-state index is 12.9. The Bertz CT molecular complexity index is 1000. The molecule has 0 aliphatic carbocycles. The van der Waals surface area contributed by atoms with Crippen molar-refractivity contribution in [1.29, 1.82) is 0 Å². The van der Waals surface area contributed by atoms with Gasteiger partial charge < -0.3 is 0 Å². The predicted molar refractivity (Wildman–Crippen MR) is 95.0 cm³/mol. The first-order chi connectivity index (χ1) is 11.8. The highest BCUT2D eigenvalue weighted by Gasteiger charge is 2.15. The first kappa shape index (κ1) is 17.7. The molecule has 0 unspecified atom stereocenters. The molecule has 0 amide bonds. The van der Waals surface area contributed by atoms with Crippen molar-refractivity contribution in [2.45, 2.75) is 11.4 Å². The Balaban J connectivity index is 1.76. The number of nitrogens with zero attached hydrogens (tertiary/aromatic N) is 2. The van der Waals surface area contributed by atoms with Gasteiger partial charge in [-0.15, -0.1) is 0 Å². The number of rotatable bonds is 5. The van der Waals surface area contributed by atoms with E-state index in [0.29, 0.717) is 16.6 Å². The summed E-state index contributed by atoms with van der Waals surface area (Å²) in [5.74, 6) is -0.508. The number of benzene rings is 2. The van der Waals surface area contributed by atoms with Crippen LogP contribution in [0.4, 0.5) is 10.1 Å². The molecule has 0 fully saturated rings. The van der Waals surface area contributed by atoms with Gasteiger partial charge in [0.15, 0.2) is 0 Å². The Morgan fingerprint density at radius 1 is 1.12 bits per heavy atom. The van der Waals surface area contributed by atoms with E-state index < -0.39 is 15.8 Å². The summed E-state index contributed by atoms with van der Waals surface area (Å²) in [5, 5.41) is 5.13. The molecule has 0 aliphatic heterocycles. The van der Waals surface area contributed by atoms with E-state index in [0.717, 1.165) is 17.7 Å². The second-order valence-electron chi connectivity index (χ2n) is 5.22. The van der Waals surface area contributed by atoms with Gasteiger partial charge in [0, 0.05) is 16.2 Å². The second-order valence-corrected chi connectivity index (χ2v) is 7.75.